The van der Waals surface area contributed by atoms with E-state index in [-0.39, 0.29) is 17.1 Å². The molecule has 0 unspecified atom stereocenters. The van der Waals surface area contributed by atoms with Gasteiger partial charge in [0.25, 0.3) is 11.4 Å². The number of nitrogens with one attached hydrogen (secondary N) is 1. The van der Waals surface area contributed by atoms with Crippen molar-refractivity contribution in [3.8, 4) is 0 Å². The van der Waals surface area contributed by atoms with Crippen molar-refractivity contribution >= 4 is 40.2 Å². The third kappa shape index (κ3) is 4.39. The van der Waals surface area contributed by atoms with Crippen LogP contribution in [0.25, 0.3) is 11.0 Å². The van der Waals surface area contributed by atoms with Gasteiger partial charge in [0.15, 0.2) is 5.76 Å². The number of nitrogens with zero attached hydrogens (tertiary/aromatic N) is 4. The number of hydrogen-bond donors (Lipinski definition) is 1. The number of anilines is 1. The molecule has 1 aromatic heterocycles. The number of morpholine rings is 1. The number of benzene rings is 2. The van der Waals surface area contributed by atoms with Crippen LogP contribution in [-0.2, 0) is 4.74 Å². The van der Waals surface area contributed by atoms with Crippen LogP contribution in [0.15, 0.2) is 52.0 Å². The fraction of sp³-hybridized carbons (Fsp3) is 0.200. The van der Waals surface area contributed by atoms with Crippen LogP contribution < -0.4 is 10.3 Å². The fourth-order valence-electron chi connectivity index (χ4n) is 3.32. The van der Waals surface area contributed by atoms with Gasteiger partial charge in [-0.2, -0.15) is 5.10 Å². The van der Waals surface area contributed by atoms with E-state index in [1.807, 2.05) is 4.90 Å². The summed E-state index contributed by atoms with van der Waals surface area (Å²) in [6, 6.07) is 10.0. The normalized spacial score (nSPS) is 14.1. The Bertz CT molecular complexity index is 1230. The molecule has 0 bridgehead atoms. The first-order chi connectivity index (χ1) is 15.4. The first-order valence-corrected chi connectivity index (χ1v) is 9.55. The molecule has 2 aromatic carbocycles. The van der Waals surface area contributed by atoms with E-state index in [0.717, 1.165) is 0 Å². The molecular weight excluding hydrogens is 422 g/mol. The van der Waals surface area contributed by atoms with Crippen molar-refractivity contribution in [3.05, 3.63) is 74.0 Å². The summed E-state index contributed by atoms with van der Waals surface area (Å²) in [6.07, 6.45) is 1.28. The summed E-state index contributed by atoms with van der Waals surface area (Å²) in [6.45, 7) is 2.12. The number of fused-ring (bicyclic) bond motifs is 1. The van der Waals surface area contributed by atoms with Gasteiger partial charge in [-0.3, -0.25) is 25.0 Å². The maximum atomic E-state index is 12.3. The number of non-ortho nitro benzene ring substituents is 1. The summed E-state index contributed by atoms with van der Waals surface area (Å²) in [7, 11) is 0. The van der Waals surface area contributed by atoms with E-state index in [1.165, 1.54) is 36.5 Å². The Morgan fingerprint density at radius 1 is 1.06 bits per heavy atom. The summed E-state index contributed by atoms with van der Waals surface area (Å²) in [5.74, 6) is -0.745. The highest BCUT2D eigenvalue weighted by Crippen LogP contribution is 2.29. The Morgan fingerprint density at radius 2 is 1.84 bits per heavy atom. The Morgan fingerprint density at radius 3 is 2.56 bits per heavy atom. The monoisotopic (exact) mass is 439 g/mol. The van der Waals surface area contributed by atoms with E-state index >= 15 is 0 Å². The number of nitro benzene ring substituents is 2. The number of amides is 1. The SMILES string of the molecule is O=C(N/N=C/c1ccc(N2CCOCC2)c([N+](=O)[O-])c1)c1cc2cc([N+](=O)[O-])ccc2o1. The van der Waals surface area contributed by atoms with Gasteiger partial charge in [-0.15, -0.1) is 0 Å². The second kappa shape index (κ2) is 8.81. The summed E-state index contributed by atoms with van der Waals surface area (Å²) in [4.78, 5) is 35.5. The summed E-state index contributed by atoms with van der Waals surface area (Å²) < 4.78 is 10.7. The average molecular weight is 439 g/mol. The Hall–Kier alpha value is -4.32. The van der Waals surface area contributed by atoms with Crippen LogP contribution in [0, 0.1) is 20.2 Å². The number of nitro groups is 2. The quantitative estimate of drug-likeness (QED) is 0.349. The molecule has 1 N–H and O–H groups in total. The molecule has 3 aromatic rings. The van der Waals surface area contributed by atoms with Crippen LogP contribution >= 0.6 is 0 Å². The molecule has 12 heteroatoms. The number of carbonyl (C=O) groups is 1. The summed E-state index contributed by atoms with van der Waals surface area (Å²) in [5, 5.41) is 26.6. The van der Waals surface area contributed by atoms with Gasteiger partial charge < -0.3 is 14.1 Å². The lowest BCUT2D eigenvalue weighted by atomic mass is 10.1. The maximum Gasteiger partial charge on any atom is 0.307 e. The lowest BCUT2D eigenvalue weighted by Gasteiger charge is -2.28. The largest absolute Gasteiger partial charge is 0.451 e. The van der Waals surface area contributed by atoms with Crippen molar-refractivity contribution < 1.29 is 23.8 Å². The minimum absolute atomic E-state index is 0.0685. The second-order valence-electron chi connectivity index (χ2n) is 6.89. The highest BCUT2D eigenvalue weighted by Gasteiger charge is 2.21. The van der Waals surface area contributed by atoms with Gasteiger partial charge >= 0.3 is 5.91 Å². The topological polar surface area (TPSA) is 153 Å². The minimum atomic E-state index is -0.667. The van der Waals surface area contributed by atoms with E-state index in [4.69, 9.17) is 9.15 Å². The van der Waals surface area contributed by atoms with Gasteiger partial charge in [0.2, 0.25) is 0 Å². The molecule has 1 aliphatic heterocycles. The lowest BCUT2D eigenvalue weighted by Crippen LogP contribution is -2.36. The van der Waals surface area contributed by atoms with Crippen LogP contribution in [0.5, 0.6) is 0 Å². The molecule has 1 fully saturated rings. The highest BCUT2D eigenvalue weighted by molar-refractivity contribution is 5.97. The van der Waals surface area contributed by atoms with E-state index in [9.17, 15) is 25.0 Å². The molecule has 1 amide bonds. The smallest absolute Gasteiger partial charge is 0.307 e. The summed E-state index contributed by atoms with van der Waals surface area (Å²) in [5.41, 5.74) is 3.33. The molecule has 0 atom stereocenters. The molecule has 0 radical (unpaired) electrons. The van der Waals surface area contributed by atoms with E-state index < -0.39 is 15.8 Å². The van der Waals surface area contributed by atoms with E-state index in [0.29, 0.717) is 48.5 Å². The first-order valence-electron chi connectivity index (χ1n) is 9.55. The van der Waals surface area contributed by atoms with Crippen molar-refractivity contribution in [1.82, 2.24) is 5.43 Å². The zero-order valence-electron chi connectivity index (χ0n) is 16.6. The Kier molecular flexibility index (Phi) is 5.77. The first kappa shape index (κ1) is 20.9. The minimum Gasteiger partial charge on any atom is -0.451 e. The van der Waals surface area contributed by atoms with Gasteiger partial charge in [0, 0.05) is 42.2 Å². The van der Waals surface area contributed by atoms with Gasteiger partial charge in [-0.25, -0.2) is 5.43 Å². The third-order valence-electron chi connectivity index (χ3n) is 4.86. The number of ether oxygens (including phenoxy) is 1. The van der Waals surface area contributed by atoms with Crippen LogP contribution in [0.4, 0.5) is 17.1 Å². The molecule has 0 saturated carbocycles. The van der Waals surface area contributed by atoms with Crippen molar-refractivity contribution in [3.63, 3.8) is 0 Å². The number of carbonyl (C=O) groups excluding carboxylic acids is 1. The molecule has 1 aliphatic rings. The third-order valence-corrected chi connectivity index (χ3v) is 4.86. The fourth-order valence-corrected chi connectivity index (χ4v) is 3.32. The highest BCUT2D eigenvalue weighted by atomic mass is 16.6. The van der Waals surface area contributed by atoms with Crippen molar-refractivity contribution in [2.24, 2.45) is 5.10 Å². The maximum absolute atomic E-state index is 12.3. The molecule has 164 valence electrons. The summed E-state index contributed by atoms with van der Waals surface area (Å²) >= 11 is 0. The van der Waals surface area contributed by atoms with Crippen LogP contribution in [0.3, 0.4) is 0 Å². The Labute approximate surface area is 180 Å². The van der Waals surface area contributed by atoms with Crippen molar-refractivity contribution in [2.75, 3.05) is 31.2 Å². The molecule has 2 heterocycles. The predicted octanol–water partition coefficient (Wildman–Crippen LogP) is 2.85. The van der Waals surface area contributed by atoms with Crippen molar-refractivity contribution in [2.45, 2.75) is 0 Å². The molecular formula is C20H17N5O7. The van der Waals surface area contributed by atoms with E-state index in [2.05, 4.69) is 10.5 Å². The molecule has 32 heavy (non-hydrogen) atoms. The van der Waals surface area contributed by atoms with Crippen molar-refractivity contribution in [1.29, 1.82) is 0 Å². The molecule has 0 spiro atoms. The average Bonchev–Trinajstić information content (AvgIpc) is 3.23. The van der Waals surface area contributed by atoms with Gasteiger partial charge in [-0.05, 0) is 18.2 Å². The number of rotatable bonds is 6. The predicted molar refractivity (Wildman–Crippen MR) is 114 cm³/mol. The van der Waals surface area contributed by atoms with Crippen LogP contribution in [0.1, 0.15) is 16.1 Å². The Balaban J connectivity index is 1.48. The lowest BCUT2D eigenvalue weighted by molar-refractivity contribution is -0.384. The van der Waals surface area contributed by atoms with Gasteiger partial charge in [-0.1, -0.05) is 6.07 Å². The van der Waals surface area contributed by atoms with Crippen LogP contribution in [-0.4, -0.2) is 48.3 Å². The van der Waals surface area contributed by atoms with Crippen LogP contribution in [0.2, 0.25) is 0 Å². The standard InChI is InChI=1S/C20H17N5O7/c26-20(19-11-14-10-15(24(27)28)2-4-18(14)32-19)22-21-12-13-1-3-16(17(9-13)25(29)30)23-5-7-31-8-6-23/h1-4,9-12H,5-8H2,(H,22,26)/b21-12+. The zero-order valence-corrected chi connectivity index (χ0v) is 16.6. The zero-order chi connectivity index (χ0) is 22.7. The number of furan rings is 1. The van der Waals surface area contributed by atoms with E-state index in [1.54, 1.807) is 12.1 Å². The van der Waals surface area contributed by atoms with Gasteiger partial charge in [0.1, 0.15) is 11.3 Å². The second-order valence-corrected chi connectivity index (χ2v) is 6.89. The molecule has 4 rings (SSSR count). The molecule has 12 nitrogen and oxygen atoms in total. The molecule has 0 aliphatic carbocycles. The van der Waals surface area contributed by atoms with Gasteiger partial charge in [0.05, 0.1) is 29.3 Å². The number of hydrogen-bond acceptors (Lipinski definition) is 9. The molecule has 1 saturated heterocycles. The number of hydrazone groups is 1.